The Kier molecular flexibility index (Phi) is 5.01. The van der Waals surface area contributed by atoms with Crippen molar-refractivity contribution in [1.29, 1.82) is 0 Å². The maximum atomic E-state index is 12.2. The van der Waals surface area contributed by atoms with Gasteiger partial charge in [-0.25, -0.2) is 4.79 Å². The highest BCUT2D eigenvalue weighted by atomic mass is 16.5. The van der Waals surface area contributed by atoms with Gasteiger partial charge in [0, 0.05) is 22.9 Å². The predicted octanol–water partition coefficient (Wildman–Crippen LogP) is 3.72. The minimum Gasteiger partial charge on any atom is -0.493 e. The third-order valence-corrected chi connectivity index (χ3v) is 3.84. The smallest absolute Gasteiger partial charge is 0.340 e. The van der Waals surface area contributed by atoms with Gasteiger partial charge in [-0.15, -0.1) is 0 Å². The highest BCUT2D eigenvalue weighted by Gasteiger charge is 2.16. The number of hydrogen-bond acceptors (Lipinski definition) is 4. The van der Waals surface area contributed by atoms with E-state index in [0.717, 1.165) is 35.1 Å². The Morgan fingerprint density at radius 3 is 2.59 bits per heavy atom. The van der Waals surface area contributed by atoms with Crippen LogP contribution < -0.4 is 10.4 Å². The molecule has 0 unspecified atom stereocenters. The molecule has 1 aromatic heterocycles. The summed E-state index contributed by atoms with van der Waals surface area (Å²) in [4.78, 5) is 23.5. The Morgan fingerprint density at radius 2 is 1.95 bits per heavy atom. The number of unbranched alkanes of at least 4 members (excludes halogenated alkanes) is 1. The van der Waals surface area contributed by atoms with Gasteiger partial charge in [0.25, 0.3) is 0 Å². The van der Waals surface area contributed by atoms with E-state index in [-0.39, 0.29) is 12.2 Å². The zero-order chi connectivity index (χ0) is 16.3. The Hall–Kier alpha value is -2.10. The van der Waals surface area contributed by atoms with E-state index < -0.39 is 5.63 Å². The van der Waals surface area contributed by atoms with Crippen molar-refractivity contribution in [2.24, 2.45) is 0 Å². The van der Waals surface area contributed by atoms with Gasteiger partial charge in [0.1, 0.15) is 17.1 Å². The van der Waals surface area contributed by atoms with Crippen molar-refractivity contribution in [2.75, 3.05) is 6.61 Å². The van der Waals surface area contributed by atoms with Gasteiger partial charge in [-0.05, 0) is 44.9 Å². The van der Waals surface area contributed by atoms with Crippen LogP contribution in [0, 0.1) is 13.8 Å². The Morgan fingerprint density at radius 1 is 1.23 bits per heavy atom. The van der Waals surface area contributed by atoms with Crippen LogP contribution in [0.5, 0.6) is 5.75 Å². The first-order valence-electron chi connectivity index (χ1n) is 7.63. The third-order valence-electron chi connectivity index (χ3n) is 3.84. The van der Waals surface area contributed by atoms with Crippen LogP contribution in [-0.4, -0.2) is 12.4 Å². The number of fused-ring (bicyclic) bond motifs is 1. The van der Waals surface area contributed by atoms with Crippen molar-refractivity contribution in [3.8, 4) is 5.75 Å². The van der Waals surface area contributed by atoms with Gasteiger partial charge in [-0.3, -0.25) is 4.79 Å². The van der Waals surface area contributed by atoms with E-state index in [2.05, 4.69) is 6.92 Å². The summed E-state index contributed by atoms with van der Waals surface area (Å²) in [5.74, 6) is 0.689. The summed E-state index contributed by atoms with van der Waals surface area (Å²) in [5, 5.41) is 0.858. The van der Waals surface area contributed by atoms with Crippen molar-refractivity contribution in [3.63, 3.8) is 0 Å². The van der Waals surface area contributed by atoms with E-state index in [4.69, 9.17) is 9.15 Å². The number of benzene rings is 1. The lowest BCUT2D eigenvalue weighted by molar-refractivity contribution is -0.116. The minimum atomic E-state index is -0.436. The maximum Gasteiger partial charge on any atom is 0.340 e. The molecule has 1 heterocycles. The van der Waals surface area contributed by atoms with Gasteiger partial charge in [-0.2, -0.15) is 0 Å². The quantitative estimate of drug-likeness (QED) is 0.603. The van der Waals surface area contributed by atoms with Crippen LogP contribution in [0.25, 0.3) is 11.0 Å². The number of Topliss-reactive ketones (excluding diaryl/α,β-unsaturated/α-hetero) is 1. The van der Waals surface area contributed by atoms with Crippen LogP contribution in [0.15, 0.2) is 21.3 Å². The molecule has 2 rings (SSSR count). The molecule has 0 aliphatic rings. The average molecular weight is 302 g/mol. The van der Waals surface area contributed by atoms with Gasteiger partial charge >= 0.3 is 5.63 Å². The van der Waals surface area contributed by atoms with Gasteiger partial charge in [0.2, 0.25) is 0 Å². The van der Waals surface area contributed by atoms with Crippen LogP contribution in [0.1, 0.15) is 43.4 Å². The summed E-state index contributed by atoms with van der Waals surface area (Å²) in [6.07, 6.45) is 2.16. The second kappa shape index (κ2) is 6.77. The Balaban J connectivity index is 2.52. The fraction of sp³-hybridized carbons (Fsp3) is 0.444. The Labute approximate surface area is 130 Å². The summed E-state index contributed by atoms with van der Waals surface area (Å²) in [7, 11) is 0. The van der Waals surface area contributed by atoms with Crippen LogP contribution in [0.3, 0.4) is 0 Å². The first kappa shape index (κ1) is 16.3. The molecule has 118 valence electrons. The molecule has 0 spiro atoms. The van der Waals surface area contributed by atoms with Gasteiger partial charge in [0.05, 0.1) is 6.61 Å². The molecule has 0 aliphatic carbocycles. The molecule has 0 fully saturated rings. The van der Waals surface area contributed by atoms with Crippen LogP contribution >= 0.6 is 0 Å². The van der Waals surface area contributed by atoms with Crippen molar-refractivity contribution in [3.05, 3.63) is 39.2 Å². The van der Waals surface area contributed by atoms with Crippen molar-refractivity contribution < 1.29 is 13.9 Å². The SMILES string of the molecule is CCCCOc1ccc2c(C)c(CC(C)=O)c(=O)oc2c1C. The third kappa shape index (κ3) is 3.21. The van der Waals surface area contributed by atoms with E-state index in [1.54, 1.807) is 0 Å². The molecule has 4 nitrogen and oxygen atoms in total. The van der Waals surface area contributed by atoms with E-state index in [1.165, 1.54) is 6.92 Å². The second-order valence-electron chi connectivity index (χ2n) is 5.64. The van der Waals surface area contributed by atoms with E-state index in [1.807, 2.05) is 26.0 Å². The summed E-state index contributed by atoms with van der Waals surface area (Å²) in [6.45, 7) is 7.97. The molecule has 22 heavy (non-hydrogen) atoms. The molecule has 0 saturated heterocycles. The number of hydrogen-bond donors (Lipinski definition) is 0. The number of aryl methyl sites for hydroxylation is 2. The fourth-order valence-corrected chi connectivity index (χ4v) is 2.51. The molecular formula is C18H22O4. The molecule has 2 aromatic rings. The number of ketones is 1. The molecule has 0 atom stereocenters. The van der Waals surface area contributed by atoms with Crippen LogP contribution in [-0.2, 0) is 11.2 Å². The largest absolute Gasteiger partial charge is 0.493 e. The molecule has 1 aromatic carbocycles. The van der Waals surface area contributed by atoms with Gasteiger partial charge in [0.15, 0.2) is 0 Å². The lowest BCUT2D eigenvalue weighted by Gasteiger charge is -2.12. The van der Waals surface area contributed by atoms with Gasteiger partial charge in [-0.1, -0.05) is 13.3 Å². The molecule has 0 saturated carbocycles. The summed E-state index contributed by atoms with van der Waals surface area (Å²) in [5.41, 5.74) is 2.18. The lowest BCUT2D eigenvalue weighted by atomic mass is 10.0. The molecule has 4 heteroatoms. The molecule has 0 amide bonds. The number of ether oxygens (including phenoxy) is 1. The van der Waals surface area contributed by atoms with Crippen LogP contribution in [0.4, 0.5) is 0 Å². The van der Waals surface area contributed by atoms with Crippen molar-refractivity contribution in [1.82, 2.24) is 0 Å². The predicted molar refractivity (Wildman–Crippen MR) is 86.7 cm³/mol. The fourth-order valence-electron chi connectivity index (χ4n) is 2.51. The first-order chi connectivity index (χ1) is 10.5. The summed E-state index contributed by atoms with van der Waals surface area (Å²) in [6, 6.07) is 3.80. The summed E-state index contributed by atoms with van der Waals surface area (Å²) < 4.78 is 11.2. The number of carbonyl (C=O) groups excluding carboxylic acids is 1. The standard InChI is InChI=1S/C18H22O4/c1-5-6-9-21-16-8-7-14-12(3)15(10-11(2)19)18(20)22-17(14)13(16)4/h7-8H,5-6,9-10H2,1-4H3. The van der Waals surface area contributed by atoms with Crippen molar-refractivity contribution in [2.45, 2.75) is 47.0 Å². The highest BCUT2D eigenvalue weighted by Crippen LogP contribution is 2.29. The summed E-state index contributed by atoms with van der Waals surface area (Å²) >= 11 is 0. The Bertz CT molecular complexity index is 756. The van der Waals surface area contributed by atoms with Gasteiger partial charge < -0.3 is 9.15 Å². The number of carbonyl (C=O) groups is 1. The molecule has 0 bridgehead atoms. The topological polar surface area (TPSA) is 56.5 Å². The highest BCUT2D eigenvalue weighted by molar-refractivity contribution is 5.87. The molecular weight excluding hydrogens is 280 g/mol. The van der Waals surface area contributed by atoms with Crippen molar-refractivity contribution >= 4 is 16.8 Å². The first-order valence-corrected chi connectivity index (χ1v) is 7.63. The second-order valence-corrected chi connectivity index (χ2v) is 5.64. The molecule has 0 N–H and O–H groups in total. The maximum absolute atomic E-state index is 12.2. The molecule has 0 aliphatic heterocycles. The van der Waals surface area contributed by atoms with E-state index in [0.29, 0.717) is 17.8 Å². The molecule has 0 radical (unpaired) electrons. The lowest BCUT2D eigenvalue weighted by Crippen LogP contribution is -2.14. The number of rotatable bonds is 6. The zero-order valence-corrected chi connectivity index (χ0v) is 13.6. The minimum absolute atomic E-state index is 0.0500. The average Bonchev–Trinajstić information content (AvgIpc) is 2.46. The van der Waals surface area contributed by atoms with Crippen LogP contribution in [0.2, 0.25) is 0 Å². The monoisotopic (exact) mass is 302 g/mol. The zero-order valence-electron chi connectivity index (χ0n) is 13.6. The normalized spacial score (nSPS) is 10.9. The van der Waals surface area contributed by atoms with E-state index >= 15 is 0 Å². The van der Waals surface area contributed by atoms with E-state index in [9.17, 15) is 9.59 Å².